The molecule has 7 amide bonds. The lowest BCUT2D eigenvalue weighted by Crippen LogP contribution is -2.54. The second-order valence-electron chi connectivity index (χ2n) is 19.6. The largest absolute Gasteiger partial charge is 0.495 e. The number of hydrogen-bond donors (Lipinski definition) is 4. The van der Waals surface area contributed by atoms with E-state index in [1.165, 1.54) is 30.3 Å². The van der Waals surface area contributed by atoms with Crippen LogP contribution in [-0.2, 0) is 24.0 Å². The Hall–Kier alpha value is -7.77. The molecule has 5 fully saturated rings. The first-order valence-corrected chi connectivity index (χ1v) is 24.3. The maximum Gasteiger partial charge on any atom is 0.264 e. The summed E-state index contributed by atoms with van der Waals surface area (Å²) in [6.07, 6.45) is 5.58. The summed E-state index contributed by atoms with van der Waals surface area (Å²) < 4.78 is 25.6. The monoisotopic (exact) mass is 977 g/mol. The summed E-state index contributed by atoms with van der Waals surface area (Å²) in [5.41, 5.74) is 1.86. The molecule has 370 valence electrons. The number of aromatic nitrogens is 1. The van der Waals surface area contributed by atoms with Gasteiger partial charge in [0.25, 0.3) is 11.8 Å². The Labute approximate surface area is 413 Å². The van der Waals surface area contributed by atoms with Gasteiger partial charge in [-0.2, -0.15) is 0 Å². The second kappa shape index (κ2) is 18.8. The third kappa shape index (κ3) is 8.86. The number of ether oxygens (including phenoxy) is 2. The van der Waals surface area contributed by atoms with Crippen LogP contribution in [0.4, 0.5) is 27.1 Å². The fraction of sp³-hybridized carbons (Fsp3) is 0.358. The van der Waals surface area contributed by atoms with Crippen molar-refractivity contribution in [2.24, 2.45) is 11.3 Å². The number of amides is 7. The molecule has 6 heterocycles. The van der Waals surface area contributed by atoms with Gasteiger partial charge in [-0.05, 0) is 123 Å². The maximum atomic E-state index is 13.5. The van der Waals surface area contributed by atoms with Gasteiger partial charge in [0.05, 0.1) is 41.7 Å². The van der Waals surface area contributed by atoms with Gasteiger partial charge in [0.2, 0.25) is 29.5 Å². The number of methoxy groups -OCH3 is 1. The highest BCUT2D eigenvalue weighted by molar-refractivity contribution is 6.26. The van der Waals surface area contributed by atoms with Gasteiger partial charge in [-0.15, -0.1) is 0 Å². The van der Waals surface area contributed by atoms with E-state index in [4.69, 9.17) is 9.47 Å². The Morgan fingerprint density at radius 3 is 2.17 bits per heavy atom. The molecule has 5 aliphatic heterocycles. The summed E-state index contributed by atoms with van der Waals surface area (Å²) in [5.74, 6) is -1.62. The van der Waals surface area contributed by atoms with Crippen molar-refractivity contribution in [3.05, 3.63) is 108 Å². The van der Waals surface area contributed by atoms with Crippen LogP contribution in [0.25, 0.3) is 10.9 Å². The van der Waals surface area contributed by atoms with Crippen LogP contribution in [0.15, 0.2) is 91.1 Å². The van der Waals surface area contributed by atoms with E-state index in [-0.39, 0.29) is 48.1 Å². The molecule has 4 saturated heterocycles. The van der Waals surface area contributed by atoms with Crippen LogP contribution >= 0.6 is 0 Å². The summed E-state index contributed by atoms with van der Waals surface area (Å²) in [7, 11) is 1.66. The summed E-state index contributed by atoms with van der Waals surface area (Å²) in [6, 6.07) is 22.3. The number of piperidine rings is 2. The van der Waals surface area contributed by atoms with Crippen molar-refractivity contribution >= 4 is 75.0 Å². The van der Waals surface area contributed by atoms with Gasteiger partial charge in [-0.1, -0.05) is 6.07 Å². The van der Waals surface area contributed by atoms with Crippen LogP contribution in [0.5, 0.6) is 17.2 Å². The molecule has 1 aromatic heterocycles. The number of anilines is 4. The number of pyridine rings is 1. The van der Waals surface area contributed by atoms with Crippen LogP contribution < -0.4 is 35.6 Å². The Bertz CT molecular complexity index is 3050. The van der Waals surface area contributed by atoms with Gasteiger partial charge < -0.3 is 30.3 Å². The van der Waals surface area contributed by atoms with E-state index in [0.29, 0.717) is 53.4 Å². The molecule has 19 heteroatoms. The number of carbonyl (C=O) groups excluding carboxylic acids is 7. The molecule has 4 aromatic carbocycles. The van der Waals surface area contributed by atoms with Crippen LogP contribution in [-0.4, -0.2) is 126 Å². The molecule has 6 aliphatic rings. The van der Waals surface area contributed by atoms with Crippen LogP contribution in [0.1, 0.15) is 65.7 Å². The van der Waals surface area contributed by atoms with Crippen molar-refractivity contribution in [3.8, 4) is 17.2 Å². The summed E-state index contributed by atoms with van der Waals surface area (Å²) in [6.45, 7) is 4.44. The zero-order valence-corrected chi connectivity index (χ0v) is 39.5. The van der Waals surface area contributed by atoms with Crippen LogP contribution in [0.2, 0.25) is 0 Å². The zero-order chi connectivity index (χ0) is 49.8. The van der Waals surface area contributed by atoms with Gasteiger partial charge >= 0.3 is 0 Å². The number of nitrogens with zero attached hydrogens (tertiary/aromatic N) is 5. The molecule has 11 rings (SSSR count). The number of fused-ring (bicyclic) bond motifs is 4. The van der Waals surface area contributed by atoms with Gasteiger partial charge in [0.15, 0.2) is 0 Å². The van der Waals surface area contributed by atoms with Gasteiger partial charge in [-0.3, -0.25) is 58.6 Å². The Kier molecular flexibility index (Phi) is 12.1. The minimum absolute atomic E-state index is 0.0196. The Morgan fingerprint density at radius 2 is 1.50 bits per heavy atom. The zero-order valence-electron chi connectivity index (χ0n) is 39.5. The number of benzene rings is 4. The number of rotatable bonds is 14. The molecule has 1 aliphatic carbocycles. The maximum absolute atomic E-state index is 13.5. The highest BCUT2D eigenvalue weighted by Crippen LogP contribution is 2.48. The number of carbonyl (C=O) groups is 7. The topological polar surface area (TPSA) is 212 Å². The Morgan fingerprint density at radius 1 is 0.806 bits per heavy atom. The highest BCUT2D eigenvalue weighted by Gasteiger charge is 2.56. The standard InChI is InChI=1S/C53H52FN9O9/c1-71-44-24-38-40(55-20-15-43(38)72-36-11-9-33(10-12-36)57-52(70)53(18-19-53)51(69)56-32-7-5-31(54)6-8-32)25-42(44)60-21-16-30(17-22-60)26-61-27-35-23-34(61)28-62(35)29-46(65)58-39-4-2-3-37-47(39)50(68)63(49(37)67)41-13-14-45(64)59-48(41)66/h2-12,15,20,24-25,30,34-35,41H,13-14,16-19,21-23,26-29H2,1H3,(H,56,69)(H,57,70)(H,58,65)(H,59,64,66)/t34-,35-,41?/m0/s1. The first-order chi connectivity index (χ1) is 34.8. The number of hydrogen-bond acceptors (Lipinski definition) is 13. The van der Waals surface area contributed by atoms with Crippen molar-refractivity contribution < 1.29 is 47.4 Å². The Balaban J connectivity index is 0.659. The molecule has 3 atom stereocenters. The summed E-state index contributed by atoms with van der Waals surface area (Å²) >= 11 is 0. The van der Waals surface area contributed by atoms with E-state index in [1.807, 2.05) is 12.1 Å². The molecule has 2 bridgehead atoms. The van der Waals surface area contributed by atoms with Crippen LogP contribution in [0, 0.1) is 17.2 Å². The van der Waals surface area contributed by atoms with Gasteiger partial charge in [0, 0.05) is 74.2 Å². The molecule has 5 aromatic rings. The van der Waals surface area contributed by atoms with E-state index >= 15 is 0 Å². The van der Waals surface area contributed by atoms with E-state index in [9.17, 15) is 38.0 Å². The molecule has 72 heavy (non-hydrogen) atoms. The molecule has 0 radical (unpaired) electrons. The van der Waals surface area contributed by atoms with Crippen molar-refractivity contribution in [2.45, 2.75) is 63.1 Å². The fourth-order valence-corrected chi connectivity index (χ4v) is 11.0. The van der Waals surface area contributed by atoms with E-state index in [2.05, 4.69) is 41.0 Å². The predicted octanol–water partition coefficient (Wildman–Crippen LogP) is 5.55. The predicted molar refractivity (Wildman–Crippen MR) is 262 cm³/mol. The quantitative estimate of drug-likeness (QED) is 0.0796. The van der Waals surface area contributed by atoms with Gasteiger partial charge in [-0.25, -0.2) is 4.39 Å². The lowest BCUT2D eigenvalue weighted by Gasteiger charge is -2.39. The molecule has 4 N–H and O–H groups in total. The molecular weight excluding hydrogens is 926 g/mol. The first kappa shape index (κ1) is 46.6. The smallest absolute Gasteiger partial charge is 0.264 e. The average molecular weight is 978 g/mol. The van der Waals surface area contributed by atoms with E-state index in [0.717, 1.165) is 73.5 Å². The lowest BCUT2D eigenvalue weighted by molar-refractivity contribution is -0.136. The molecule has 1 saturated carbocycles. The SMILES string of the molecule is COc1cc2c(Oc3ccc(NC(=O)C4(C(=O)Nc5ccc(F)cc5)CC4)cc3)ccnc2cc1N1CCC(CN2C[C@@H]3C[C@H]2CN3CC(=O)Nc2cccc3c2C(=O)N(C2CCC(=O)NC2=O)C3=O)CC1. The second-order valence-corrected chi connectivity index (χ2v) is 19.6. The number of likely N-dealkylation sites (tertiary alicyclic amines) is 2. The minimum Gasteiger partial charge on any atom is -0.495 e. The number of nitrogens with one attached hydrogen (secondary N) is 4. The van der Waals surface area contributed by atoms with Gasteiger partial charge in [0.1, 0.15) is 34.5 Å². The normalized spacial score (nSPS) is 21.7. The number of halogens is 1. The van der Waals surface area contributed by atoms with E-state index in [1.54, 1.807) is 55.8 Å². The molecule has 18 nitrogen and oxygen atoms in total. The lowest BCUT2D eigenvalue weighted by atomic mass is 9.95. The van der Waals surface area contributed by atoms with Crippen LogP contribution in [0.3, 0.4) is 0 Å². The third-order valence-corrected chi connectivity index (χ3v) is 15.1. The van der Waals surface area contributed by atoms with Crippen molar-refractivity contribution in [3.63, 3.8) is 0 Å². The number of piperazine rings is 1. The number of imide groups is 2. The fourth-order valence-electron chi connectivity index (χ4n) is 11.0. The molecule has 1 unspecified atom stereocenters. The summed E-state index contributed by atoms with van der Waals surface area (Å²) in [5, 5.41) is 11.4. The van der Waals surface area contributed by atoms with E-state index < -0.39 is 52.7 Å². The van der Waals surface area contributed by atoms with Crippen molar-refractivity contribution in [2.75, 3.05) is 67.2 Å². The molecular formula is C53H52FN9O9. The molecule has 0 spiro atoms. The summed E-state index contributed by atoms with van der Waals surface area (Å²) in [4.78, 5) is 103. The van der Waals surface area contributed by atoms with Crippen molar-refractivity contribution in [1.82, 2.24) is 25.0 Å². The highest BCUT2D eigenvalue weighted by atomic mass is 19.1. The third-order valence-electron chi connectivity index (χ3n) is 15.1. The first-order valence-electron chi connectivity index (χ1n) is 24.3. The average Bonchev–Trinajstić information content (AvgIpc) is 3.90. The van der Waals surface area contributed by atoms with Crippen molar-refractivity contribution in [1.29, 1.82) is 0 Å². The minimum atomic E-state index is -1.18.